The number of aliphatic hydroxyl groups excluding tert-OH is 1. The summed E-state index contributed by atoms with van der Waals surface area (Å²) in [6.45, 7) is 2.11. The van der Waals surface area contributed by atoms with Gasteiger partial charge in [-0.1, -0.05) is 6.92 Å². The molecule has 1 rings (SSSR count). The lowest BCUT2D eigenvalue weighted by Gasteiger charge is -2.05. The standard InChI is InChI=1S/C8H12N2O2S/c1-6(3-11)4-13-8-2-7(12)9-5-10-8/h2,5-6,11H,3-4H2,1H3,(H,9,10,12). The SMILES string of the molecule is CC(CO)CSc1cc(=O)[nH]cn1. The van der Waals surface area contributed by atoms with Crippen molar-refractivity contribution in [3.63, 3.8) is 0 Å². The molecule has 5 heteroatoms. The first-order chi connectivity index (χ1) is 6.22. The van der Waals surface area contributed by atoms with E-state index in [-0.39, 0.29) is 18.1 Å². The van der Waals surface area contributed by atoms with Gasteiger partial charge in [-0.2, -0.15) is 0 Å². The van der Waals surface area contributed by atoms with Crippen molar-refractivity contribution in [2.24, 2.45) is 5.92 Å². The van der Waals surface area contributed by atoms with Crippen LogP contribution in [-0.4, -0.2) is 27.4 Å². The molecule has 0 radical (unpaired) electrons. The zero-order chi connectivity index (χ0) is 9.68. The van der Waals surface area contributed by atoms with E-state index in [0.29, 0.717) is 5.03 Å². The van der Waals surface area contributed by atoms with Gasteiger partial charge in [0, 0.05) is 18.4 Å². The normalized spacial score (nSPS) is 12.8. The van der Waals surface area contributed by atoms with Crippen molar-refractivity contribution in [2.75, 3.05) is 12.4 Å². The van der Waals surface area contributed by atoms with Crippen LogP contribution >= 0.6 is 11.8 Å². The van der Waals surface area contributed by atoms with Crippen LogP contribution in [-0.2, 0) is 0 Å². The fourth-order valence-corrected chi connectivity index (χ4v) is 1.59. The first kappa shape index (κ1) is 10.3. The van der Waals surface area contributed by atoms with Crippen LogP contribution in [0.2, 0.25) is 0 Å². The molecule has 2 N–H and O–H groups in total. The van der Waals surface area contributed by atoms with Crippen molar-refractivity contribution in [3.05, 3.63) is 22.7 Å². The van der Waals surface area contributed by atoms with E-state index in [1.54, 1.807) is 0 Å². The summed E-state index contributed by atoms with van der Waals surface area (Å²) in [7, 11) is 0. The zero-order valence-corrected chi connectivity index (χ0v) is 8.17. The van der Waals surface area contributed by atoms with Gasteiger partial charge in [-0.15, -0.1) is 11.8 Å². The van der Waals surface area contributed by atoms with Crippen LogP contribution in [0.25, 0.3) is 0 Å². The number of aromatic nitrogens is 2. The van der Waals surface area contributed by atoms with E-state index in [2.05, 4.69) is 9.97 Å². The molecule has 4 nitrogen and oxygen atoms in total. The van der Waals surface area contributed by atoms with Gasteiger partial charge >= 0.3 is 0 Å². The highest BCUT2D eigenvalue weighted by atomic mass is 32.2. The Morgan fingerprint density at radius 2 is 2.54 bits per heavy atom. The molecule has 0 aliphatic heterocycles. The lowest BCUT2D eigenvalue weighted by atomic mass is 10.2. The second-order valence-electron chi connectivity index (χ2n) is 2.85. The predicted molar refractivity (Wildman–Crippen MR) is 51.8 cm³/mol. The summed E-state index contributed by atoms with van der Waals surface area (Å²) >= 11 is 1.48. The molecule has 0 saturated carbocycles. The summed E-state index contributed by atoms with van der Waals surface area (Å²) < 4.78 is 0. The molecule has 1 aromatic heterocycles. The van der Waals surface area contributed by atoms with Crippen LogP contribution in [0.5, 0.6) is 0 Å². The van der Waals surface area contributed by atoms with Crippen LogP contribution in [0.1, 0.15) is 6.92 Å². The van der Waals surface area contributed by atoms with Crippen molar-refractivity contribution < 1.29 is 5.11 Å². The average molecular weight is 200 g/mol. The second-order valence-corrected chi connectivity index (χ2v) is 3.89. The highest BCUT2D eigenvalue weighted by Gasteiger charge is 2.02. The van der Waals surface area contributed by atoms with Crippen molar-refractivity contribution in [1.29, 1.82) is 0 Å². The zero-order valence-electron chi connectivity index (χ0n) is 7.36. The fourth-order valence-electron chi connectivity index (χ4n) is 0.710. The maximum absolute atomic E-state index is 10.8. The molecular formula is C8H12N2O2S. The van der Waals surface area contributed by atoms with E-state index in [0.717, 1.165) is 5.75 Å². The Balaban J connectivity index is 2.50. The molecule has 1 aromatic rings. The van der Waals surface area contributed by atoms with Crippen LogP contribution in [0.15, 0.2) is 22.2 Å². The molecule has 0 fully saturated rings. The van der Waals surface area contributed by atoms with E-state index in [1.807, 2.05) is 6.92 Å². The van der Waals surface area contributed by atoms with Gasteiger partial charge in [0.15, 0.2) is 0 Å². The van der Waals surface area contributed by atoms with Crippen LogP contribution in [0, 0.1) is 5.92 Å². The summed E-state index contributed by atoms with van der Waals surface area (Å²) in [5, 5.41) is 9.46. The Kier molecular flexibility index (Phi) is 3.98. The average Bonchev–Trinajstić information content (AvgIpc) is 2.14. The van der Waals surface area contributed by atoms with Crippen molar-refractivity contribution in [1.82, 2.24) is 9.97 Å². The Morgan fingerprint density at radius 3 is 3.15 bits per heavy atom. The minimum atomic E-state index is -0.144. The number of H-pyrrole nitrogens is 1. The molecular weight excluding hydrogens is 188 g/mol. The minimum Gasteiger partial charge on any atom is -0.396 e. The number of aromatic amines is 1. The van der Waals surface area contributed by atoms with Gasteiger partial charge in [-0.05, 0) is 5.92 Å². The number of rotatable bonds is 4. The molecule has 1 unspecified atom stereocenters. The number of thioether (sulfide) groups is 1. The Morgan fingerprint density at radius 1 is 1.77 bits per heavy atom. The van der Waals surface area contributed by atoms with Crippen molar-refractivity contribution in [2.45, 2.75) is 11.9 Å². The van der Waals surface area contributed by atoms with Gasteiger partial charge in [0.05, 0.1) is 6.33 Å². The molecule has 72 valence electrons. The number of aliphatic hydroxyl groups is 1. The highest BCUT2D eigenvalue weighted by molar-refractivity contribution is 7.99. The molecule has 1 atom stereocenters. The summed E-state index contributed by atoms with van der Waals surface area (Å²) in [6.07, 6.45) is 1.38. The van der Waals surface area contributed by atoms with Gasteiger partial charge in [-0.25, -0.2) is 4.98 Å². The monoisotopic (exact) mass is 200 g/mol. The summed E-state index contributed by atoms with van der Waals surface area (Å²) in [6, 6.07) is 1.45. The number of hydrogen-bond donors (Lipinski definition) is 2. The summed E-state index contributed by atoms with van der Waals surface area (Å²) in [5.74, 6) is 0.999. The fraction of sp³-hybridized carbons (Fsp3) is 0.500. The third-order valence-corrected chi connectivity index (χ3v) is 2.74. The van der Waals surface area contributed by atoms with Crippen molar-refractivity contribution >= 4 is 11.8 Å². The number of nitrogens with one attached hydrogen (secondary N) is 1. The number of nitrogens with zero attached hydrogens (tertiary/aromatic N) is 1. The maximum atomic E-state index is 10.8. The Hall–Kier alpha value is -0.810. The molecule has 1 heterocycles. The van der Waals surface area contributed by atoms with Crippen LogP contribution in [0.4, 0.5) is 0 Å². The third kappa shape index (κ3) is 3.61. The van der Waals surface area contributed by atoms with E-state index in [4.69, 9.17) is 5.11 Å². The molecule has 13 heavy (non-hydrogen) atoms. The van der Waals surface area contributed by atoms with E-state index < -0.39 is 0 Å². The minimum absolute atomic E-state index is 0.144. The molecule has 0 aliphatic rings. The Labute approximate surface area is 80.4 Å². The van der Waals surface area contributed by atoms with Gasteiger partial charge in [0.1, 0.15) is 5.03 Å². The van der Waals surface area contributed by atoms with Crippen molar-refractivity contribution in [3.8, 4) is 0 Å². The molecule has 0 aromatic carbocycles. The topological polar surface area (TPSA) is 66.0 Å². The lowest BCUT2D eigenvalue weighted by molar-refractivity contribution is 0.250. The molecule has 0 saturated heterocycles. The summed E-state index contributed by atoms with van der Waals surface area (Å²) in [5.41, 5.74) is -0.144. The van der Waals surface area contributed by atoms with E-state index >= 15 is 0 Å². The second kappa shape index (κ2) is 5.04. The predicted octanol–water partition coefficient (Wildman–Crippen LogP) is 0.490. The van der Waals surface area contributed by atoms with Crippen LogP contribution < -0.4 is 5.56 Å². The Bertz CT molecular complexity index is 313. The first-order valence-electron chi connectivity index (χ1n) is 4.00. The van der Waals surface area contributed by atoms with Gasteiger partial charge in [0.2, 0.25) is 0 Å². The van der Waals surface area contributed by atoms with Gasteiger partial charge < -0.3 is 10.1 Å². The lowest BCUT2D eigenvalue weighted by Crippen LogP contribution is -2.06. The quantitative estimate of drug-likeness (QED) is 0.548. The van der Waals surface area contributed by atoms with Gasteiger partial charge in [-0.3, -0.25) is 4.79 Å². The summed E-state index contributed by atoms with van der Waals surface area (Å²) in [4.78, 5) is 17.3. The molecule has 0 bridgehead atoms. The third-order valence-electron chi connectivity index (χ3n) is 1.48. The van der Waals surface area contributed by atoms with E-state index in [1.165, 1.54) is 24.2 Å². The largest absolute Gasteiger partial charge is 0.396 e. The molecule has 0 spiro atoms. The smallest absolute Gasteiger partial charge is 0.251 e. The first-order valence-corrected chi connectivity index (χ1v) is 4.99. The van der Waals surface area contributed by atoms with E-state index in [9.17, 15) is 4.79 Å². The highest BCUT2D eigenvalue weighted by Crippen LogP contribution is 2.15. The molecule has 0 amide bonds. The van der Waals surface area contributed by atoms with Gasteiger partial charge in [0.25, 0.3) is 5.56 Å². The maximum Gasteiger partial charge on any atom is 0.251 e. The number of hydrogen-bond acceptors (Lipinski definition) is 4. The molecule has 0 aliphatic carbocycles. The van der Waals surface area contributed by atoms with Crippen LogP contribution in [0.3, 0.4) is 0 Å².